The summed E-state index contributed by atoms with van der Waals surface area (Å²) in [5.74, 6) is -7.48. The lowest BCUT2D eigenvalue weighted by atomic mass is 9.57. The molecule has 0 saturated heterocycles. The van der Waals surface area contributed by atoms with Gasteiger partial charge < -0.3 is 35.8 Å². The predicted molar refractivity (Wildman–Crippen MR) is 153 cm³/mol. The van der Waals surface area contributed by atoms with Crippen LogP contribution >= 0.6 is 0 Å². The first-order chi connectivity index (χ1) is 19.3. The van der Waals surface area contributed by atoms with Gasteiger partial charge in [-0.05, 0) is 49.9 Å². The molecule has 0 spiro atoms. The van der Waals surface area contributed by atoms with Crippen molar-refractivity contribution in [3.8, 4) is 5.75 Å². The summed E-state index contributed by atoms with van der Waals surface area (Å²) < 4.78 is 5.25. The molecule has 0 aromatic heterocycles. The number of aliphatic hydroxyl groups is 3. The van der Waals surface area contributed by atoms with Crippen molar-refractivity contribution in [1.82, 2.24) is 4.90 Å². The molecule has 4 atom stereocenters. The number of likely N-dealkylation sites (N-methyl/N-ethyl adjacent to an activating group) is 1. The van der Waals surface area contributed by atoms with Crippen molar-refractivity contribution in [3.63, 3.8) is 0 Å². The highest BCUT2D eigenvalue weighted by Gasteiger charge is 2.64. The van der Waals surface area contributed by atoms with Crippen LogP contribution in [0.25, 0.3) is 5.76 Å². The second kappa shape index (κ2) is 10.3. The van der Waals surface area contributed by atoms with E-state index in [1.807, 2.05) is 20.8 Å². The molecule has 1 saturated carbocycles. The van der Waals surface area contributed by atoms with E-state index in [1.165, 1.54) is 25.1 Å². The second-order valence-electron chi connectivity index (χ2n) is 12.8. The number of nitrogens with one attached hydrogen (secondary N) is 1. The van der Waals surface area contributed by atoms with Gasteiger partial charge in [-0.15, -0.1) is 0 Å². The summed E-state index contributed by atoms with van der Waals surface area (Å²) in [6.45, 7) is 5.73. The monoisotopic (exact) mass is 586 g/mol. The fraction of sp³-hybridized carbons (Fsp3) is 0.517. The van der Waals surface area contributed by atoms with E-state index in [-0.39, 0.29) is 41.7 Å². The fourth-order valence-electron chi connectivity index (χ4n) is 6.21. The van der Waals surface area contributed by atoms with Crippen LogP contribution in [-0.4, -0.2) is 95.3 Å². The number of phenols is 1. The predicted octanol–water partition coefficient (Wildman–Crippen LogP) is 1.62. The number of fused-ring (bicyclic) bond motifs is 3. The Morgan fingerprint density at radius 2 is 1.76 bits per heavy atom. The Morgan fingerprint density at radius 3 is 2.29 bits per heavy atom. The van der Waals surface area contributed by atoms with Crippen LogP contribution in [0.5, 0.6) is 5.75 Å². The molecule has 1 aromatic rings. The van der Waals surface area contributed by atoms with Crippen molar-refractivity contribution in [3.05, 3.63) is 34.1 Å². The Balaban J connectivity index is 1.89. The zero-order valence-corrected chi connectivity index (χ0v) is 24.7. The maximum absolute atomic E-state index is 14.0. The number of hydrogen-bond acceptors (Lipinski definition) is 11. The molecule has 228 valence electrons. The van der Waals surface area contributed by atoms with E-state index in [9.17, 15) is 39.6 Å². The number of carbonyl (C=O) groups is 4. The molecular weight excluding hydrogens is 548 g/mol. The van der Waals surface area contributed by atoms with E-state index < -0.39 is 69.9 Å². The van der Waals surface area contributed by atoms with Gasteiger partial charge in [0.1, 0.15) is 17.1 Å². The number of aromatic hydroxyl groups is 1. The van der Waals surface area contributed by atoms with E-state index in [2.05, 4.69) is 5.32 Å². The van der Waals surface area contributed by atoms with E-state index in [0.717, 1.165) is 0 Å². The minimum absolute atomic E-state index is 0.0292. The molecule has 13 heteroatoms. The number of amides is 2. The molecule has 13 nitrogen and oxygen atoms in total. The molecule has 3 aliphatic rings. The van der Waals surface area contributed by atoms with Gasteiger partial charge in [-0.1, -0.05) is 20.8 Å². The SMILES string of the molecule is CN(C)c1cc(NC(=O)OCC(C)(C)C)c(O)c2c1C[C@@H]1C[C@@H]3[C@@H](N(C)C)C(=O)C(C(N)=O)=C(O)[C@]3(O)C(=O)C1=C2O. The average Bonchev–Trinajstić information content (AvgIpc) is 2.85. The number of carbonyl (C=O) groups excluding carboxylic acids is 4. The van der Waals surface area contributed by atoms with E-state index in [1.54, 1.807) is 19.0 Å². The van der Waals surface area contributed by atoms with Crippen molar-refractivity contribution in [2.45, 2.75) is 45.3 Å². The van der Waals surface area contributed by atoms with Gasteiger partial charge in [0.05, 0.1) is 23.9 Å². The third-order valence-corrected chi connectivity index (χ3v) is 8.05. The number of aliphatic hydroxyl groups excluding tert-OH is 2. The number of nitrogens with zero attached hydrogens (tertiary/aromatic N) is 2. The largest absolute Gasteiger partial charge is 0.508 e. The van der Waals surface area contributed by atoms with Crippen LogP contribution in [0.1, 0.15) is 38.3 Å². The lowest BCUT2D eigenvalue weighted by Gasteiger charge is -2.50. The number of nitrogens with two attached hydrogens (primary N) is 1. The normalized spacial score (nSPS) is 25.6. The Hall–Kier alpha value is -4.10. The molecule has 0 aliphatic heterocycles. The van der Waals surface area contributed by atoms with Crippen LogP contribution in [0.3, 0.4) is 0 Å². The van der Waals surface area contributed by atoms with Crippen LogP contribution in [0.15, 0.2) is 23.0 Å². The zero-order valence-electron chi connectivity index (χ0n) is 24.7. The third-order valence-electron chi connectivity index (χ3n) is 8.05. The molecule has 2 amide bonds. The summed E-state index contributed by atoms with van der Waals surface area (Å²) in [5.41, 5.74) is 1.92. The molecule has 0 heterocycles. The topological polar surface area (TPSA) is 203 Å². The number of ether oxygens (including phenoxy) is 1. The third kappa shape index (κ3) is 4.75. The van der Waals surface area contributed by atoms with Crippen LogP contribution in [-0.2, 0) is 25.5 Å². The van der Waals surface area contributed by atoms with E-state index >= 15 is 0 Å². The Morgan fingerprint density at radius 1 is 1.14 bits per heavy atom. The molecule has 42 heavy (non-hydrogen) atoms. The average molecular weight is 587 g/mol. The van der Waals surface area contributed by atoms with Crippen LogP contribution in [0.4, 0.5) is 16.2 Å². The maximum Gasteiger partial charge on any atom is 0.411 e. The van der Waals surface area contributed by atoms with Crippen molar-refractivity contribution in [1.29, 1.82) is 0 Å². The van der Waals surface area contributed by atoms with Crippen molar-refractivity contribution in [2.75, 3.05) is 45.0 Å². The van der Waals surface area contributed by atoms with Gasteiger partial charge in [-0.2, -0.15) is 0 Å². The van der Waals surface area contributed by atoms with Gasteiger partial charge in [0, 0.05) is 31.3 Å². The zero-order chi connectivity index (χ0) is 31.6. The van der Waals surface area contributed by atoms with Gasteiger partial charge in [-0.3, -0.25) is 24.6 Å². The second-order valence-corrected chi connectivity index (χ2v) is 12.8. The highest BCUT2D eigenvalue weighted by molar-refractivity contribution is 6.24. The van der Waals surface area contributed by atoms with Gasteiger partial charge in [0.15, 0.2) is 17.1 Å². The first-order valence-corrected chi connectivity index (χ1v) is 13.5. The molecule has 3 aliphatic carbocycles. The summed E-state index contributed by atoms with van der Waals surface area (Å²) in [6.07, 6.45) is -0.754. The first-order valence-electron chi connectivity index (χ1n) is 13.5. The lowest BCUT2D eigenvalue weighted by molar-refractivity contribution is -0.153. The number of phenolic OH excluding ortho intramolecular Hbond substituents is 1. The van der Waals surface area contributed by atoms with E-state index in [4.69, 9.17) is 10.5 Å². The molecule has 1 aromatic carbocycles. The summed E-state index contributed by atoms with van der Waals surface area (Å²) in [5, 5.41) is 48.0. The molecule has 0 unspecified atom stereocenters. The summed E-state index contributed by atoms with van der Waals surface area (Å²) in [6, 6.07) is 0.349. The van der Waals surface area contributed by atoms with Gasteiger partial charge in [0.2, 0.25) is 5.78 Å². The fourth-order valence-corrected chi connectivity index (χ4v) is 6.21. The Kier molecular flexibility index (Phi) is 7.58. The Labute approximate surface area is 243 Å². The number of Topliss-reactive ketones (excluding diaryl/α,β-unsaturated/α-hetero) is 2. The molecule has 1 fully saturated rings. The molecular formula is C29H38N4O9. The van der Waals surface area contributed by atoms with Gasteiger partial charge >= 0.3 is 6.09 Å². The van der Waals surface area contributed by atoms with Gasteiger partial charge in [-0.25, -0.2) is 4.79 Å². The highest BCUT2D eigenvalue weighted by atomic mass is 16.5. The summed E-state index contributed by atoms with van der Waals surface area (Å²) in [7, 11) is 6.53. The quantitative estimate of drug-likeness (QED) is 0.216. The number of rotatable bonds is 5. The molecule has 0 radical (unpaired) electrons. The highest BCUT2D eigenvalue weighted by Crippen LogP contribution is 2.54. The minimum atomic E-state index is -2.74. The first kappa shape index (κ1) is 30.8. The number of ketones is 2. The standard InChI is InChI=1S/C29H38N4O9/c1-28(2,3)11-42-27(40)31-15-10-16(32(4)5)13-8-12-9-14-20(33(6)7)23(36)19(26(30)39)25(38)29(14,41)24(37)17(12)22(35)18(13)21(15)34/h10,12,14,20,34-35,38,41H,8-9,11H2,1-7H3,(H2,30,39)(H,31,40)/t12-,14-,20-,29-/m1/s1. The number of primary amides is 1. The molecule has 0 bridgehead atoms. The van der Waals surface area contributed by atoms with Crippen LogP contribution in [0.2, 0.25) is 0 Å². The van der Waals surface area contributed by atoms with Gasteiger partial charge in [0.25, 0.3) is 5.91 Å². The van der Waals surface area contributed by atoms with Crippen molar-refractivity contribution in [2.24, 2.45) is 23.0 Å². The lowest BCUT2D eigenvalue weighted by Crippen LogP contribution is -2.65. The molecule has 7 N–H and O–H groups in total. The summed E-state index contributed by atoms with van der Waals surface area (Å²) >= 11 is 0. The maximum atomic E-state index is 14.0. The number of hydrogen-bond donors (Lipinski definition) is 6. The number of anilines is 2. The van der Waals surface area contributed by atoms with E-state index in [0.29, 0.717) is 11.3 Å². The smallest absolute Gasteiger partial charge is 0.411 e. The van der Waals surface area contributed by atoms with Crippen LogP contribution < -0.4 is 16.0 Å². The van der Waals surface area contributed by atoms with Crippen molar-refractivity contribution >= 4 is 40.7 Å². The van der Waals surface area contributed by atoms with Crippen molar-refractivity contribution < 1.29 is 44.3 Å². The Bertz CT molecular complexity index is 1450. The van der Waals surface area contributed by atoms with Crippen LogP contribution in [0, 0.1) is 17.3 Å². The summed E-state index contributed by atoms with van der Waals surface area (Å²) in [4.78, 5) is 55.1. The molecule has 4 rings (SSSR count). The number of benzene rings is 1. The minimum Gasteiger partial charge on any atom is -0.508 e.